The van der Waals surface area contributed by atoms with Crippen molar-refractivity contribution in [2.75, 3.05) is 6.54 Å². The molecule has 4 rings (SSSR count). The Morgan fingerprint density at radius 3 is 2.45 bits per heavy atom. The van der Waals surface area contributed by atoms with Gasteiger partial charge in [-0.2, -0.15) is 0 Å². The van der Waals surface area contributed by atoms with Gasteiger partial charge in [-0.3, -0.25) is 4.98 Å². The van der Waals surface area contributed by atoms with Crippen molar-refractivity contribution in [2.24, 2.45) is 0 Å². The van der Waals surface area contributed by atoms with Gasteiger partial charge in [0.1, 0.15) is 0 Å². The minimum Gasteiger partial charge on any atom is -0.352 e. The lowest BCUT2D eigenvalue weighted by atomic mass is 9.97. The van der Waals surface area contributed by atoms with Crippen LogP contribution in [0, 0.1) is 13.8 Å². The number of rotatable bonds is 5. The molecule has 1 aliphatic heterocycles. The first-order valence-electron chi connectivity index (χ1n) is 10.3. The Morgan fingerprint density at radius 1 is 1.07 bits per heavy atom. The summed E-state index contributed by atoms with van der Waals surface area (Å²) in [6.45, 7) is 9.59. The maximum absolute atomic E-state index is 5.68. The van der Waals surface area contributed by atoms with E-state index < -0.39 is 0 Å². The number of aromatic nitrogens is 2. The highest BCUT2D eigenvalue weighted by atomic mass is 32.1. The average Bonchev–Trinajstić information content (AvgIpc) is 3.23. The Hall–Kier alpha value is -2.66. The number of aryl methyl sites for hydroxylation is 2. The van der Waals surface area contributed by atoms with Crippen molar-refractivity contribution >= 4 is 17.3 Å². The van der Waals surface area contributed by atoms with Crippen molar-refractivity contribution in [1.29, 1.82) is 0 Å². The van der Waals surface area contributed by atoms with Crippen LogP contribution in [0.3, 0.4) is 0 Å². The number of thiocarbonyl (C=S) groups is 1. The SMILES string of the molecule is CCc1ccc(-n2c(C)cc(C3C(c4ccccn4)NC(=S)N3CC)c2C)cc1. The Bertz CT molecular complexity index is 1010. The lowest BCUT2D eigenvalue weighted by Crippen LogP contribution is -2.29. The second-order valence-corrected chi connectivity index (χ2v) is 7.98. The third kappa shape index (κ3) is 3.44. The number of likely N-dealkylation sites (N-methyl/N-ethyl adjacent to an activating group) is 1. The van der Waals surface area contributed by atoms with Crippen molar-refractivity contribution in [1.82, 2.24) is 19.8 Å². The minimum absolute atomic E-state index is 0.0417. The molecule has 0 spiro atoms. The molecule has 29 heavy (non-hydrogen) atoms. The van der Waals surface area contributed by atoms with Crippen LogP contribution in [-0.2, 0) is 6.42 Å². The molecule has 4 nitrogen and oxygen atoms in total. The van der Waals surface area contributed by atoms with Crippen LogP contribution >= 0.6 is 12.2 Å². The molecular formula is C24H28N4S. The van der Waals surface area contributed by atoms with E-state index in [4.69, 9.17) is 12.2 Å². The third-order valence-electron chi connectivity index (χ3n) is 5.93. The van der Waals surface area contributed by atoms with Crippen LogP contribution in [0.1, 0.15) is 54.1 Å². The summed E-state index contributed by atoms with van der Waals surface area (Å²) in [5, 5.41) is 4.31. The van der Waals surface area contributed by atoms with Crippen molar-refractivity contribution < 1.29 is 0 Å². The maximum atomic E-state index is 5.68. The Labute approximate surface area is 178 Å². The van der Waals surface area contributed by atoms with Gasteiger partial charge in [-0.15, -0.1) is 0 Å². The molecule has 0 saturated carbocycles. The summed E-state index contributed by atoms with van der Waals surface area (Å²) in [7, 11) is 0. The monoisotopic (exact) mass is 404 g/mol. The van der Waals surface area contributed by atoms with Crippen LogP contribution in [0.4, 0.5) is 0 Å². The maximum Gasteiger partial charge on any atom is 0.170 e. The highest BCUT2D eigenvalue weighted by molar-refractivity contribution is 7.80. The van der Waals surface area contributed by atoms with E-state index >= 15 is 0 Å². The molecule has 150 valence electrons. The molecule has 3 aromatic rings. The molecule has 0 aliphatic carbocycles. The molecule has 0 bridgehead atoms. The summed E-state index contributed by atoms with van der Waals surface area (Å²) >= 11 is 5.68. The van der Waals surface area contributed by atoms with Crippen molar-refractivity contribution in [3.05, 3.63) is 82.9 Å². The molecule has 3 heterocycles. The van der Waals surface area contributed by atoms with Crippen molar-refractivity contribution in [3.8, 4) is 5.69 Å². The summed E-state index contributed by atoms with van der Waals surface area (Å²) in [6, 6.07) is 17.4. The Morgan fingerprint density at radius 2 is 1.83 bits per heavy atom. The number of hydrogen-bond donors (Lipinski definition) is 1. The molecule has 2 unspecified atom stereocenters. The molecule has 1 saturated heterocycles. The predicted octanol–water partition coefficient (Wildman–Crippen LogP) is 5.04. The largest absolute Gasteiger partial charge is 0.352 e. The highest BCUT2D eigenvalue weighted by Gasteiger charge is 2.40. The van der Waals surface area contributed by atoms with E-state index in [1.165, 1.54) is 28.2 Å². The number of benzene rings is 1. The standard InChI is InChI=1S/C24H28N4S/c1-5-18-10-12-19(13-11-18)28-16(3)15-20(17(28)4)23-22(21-9-7-8-14-25-21)26-24(29)27(23)6-2/h7-15,22-23H,5-6H2,1-4H3,(H,26,29). The molecule has 1 aliphatic rings. The average molecular weight is 405 g/mol. The molecule has 1 N–H and O–H groups in total. The first kappa shape index (κ1) is 19.6. The smallest absolute Gasteiger partial charge is 0.170 e. The normalized spacial score (nSPS) is 18.9. The number of pyridine rings is 1. The molecule has 5 heteroatoms. The summed E-state index contributed by atoms with van der Waals surface area (Å²) < 4.78 is 2.35. The molecule has 0 radical (unpaired) electrons. The molecule has 1 fully saturated rings. The van der Waals surface area contributed by atoms with Gasteiger partial charge in [0.25, 0.3) is 0 Å². The fourth-order valence-corrected chi connectivity index (χ4v) is 4.82. The highest BCUT2D eigenvalue weighted by Crippen LogP contribution is 2.41. The van der Waals surface area contributed by atoms with Crippen molar-refractivity contribution in [3.63, 3.8) is 0 Å². The lowest BCUT2D eigenvalue weighted by Gasteiger charge is -2.27. The Balaban J connectivity index is 1.80. The molecule has 2 atom stereocenters. The number of nitrogens with zero attached hydrogens (tertiary/aromatic N) is 3. The van der Waals surface area contributed by atoms with Crippen LogP contribution in [0.2, 0.25) is 0 Å². The van der Waals surface area contributed by atoms with Gasteiger partial charge in [-0.25, -0.2) is 0 Å². The van der Waals surface area contributed by atoms with Crippen LogP contribution in [0.5, 0.6) is 0 Å². The molecule has 2 aromatic heterocycles. The van der Waals surface area contributed by atoms with Crippen LogP contribution < -0.4 is 5.32 Å². The van der Waals surface area contributed by atoms with Gasteiger partial charge < -0.3 is 14.8 Å². The fraction of sp³-hybridized carbons (Fsp3) is 0.333. The zero-order chi connectivity index (χ0) is 20.5. The van der Waals surface area contributed by atoms with E-state index in [0.29, 0.717) is 0 Å². The fourth-order valence-electron chi connectivity index (χ4n) is 4.45. The third-order valence-corrected chi connectivity index (χ3v) is 6.28. The first-order chi connectivity index (χ1) is 14.0. The van der Waals surface area contributed by atoms with Crippen LogP contribution in [0.25, 0.3) is 5.69 Å². The van der Waals surface area contributed by atoms with Gasteiger partial charge in [0.15, 0.2) is 5.11 Å². The quantitative estimate of drug-likeness (QED) is 0.604. The van der Waals surface area contributed by atoms with Gasteiger partial charge in [0.2, 0.25) is 0 Å². The number of hydrogen-bond acceptors (Lipinski definition) is 2. The van der Waals surface area contributed by atoms with E-state index in [1.807, 2.05) is 18.3 Å². The first-order valence-corrected chi connectivity index (χ1v) is 10.7. The van der Waals surface area contributed by atoms with Gasteiger partial charge >= 0.3 is 0 Å². The van der Waals surface area contributed by atoms with E-state index in [-0.39, 0.29) is 12.1 Å². The van der Waals surface area contributed by atoms with Gasteiger partial charge in [0, 0.05) is 29.8 Å². The van der Waals surface area contributed by atoms with E-state index in [2.05, 4.69) is 83.9 Å². The Kier molecular flexibility index (Phi) is 5.41. The summed E-state index contributed by atoms with van der Waals surface area (Å²) in [5.74, 6) is 0. The molecular weight excluding hydrogens is 376 g/mol. The van der Waals surface area contributed by atoms with Crippen molar-refractivity contribution in [2.45, 2.75) is 46.2 Å². The summed E-state index contributed by atoms with van der Waals surface area (Å²) in [5.41, 5.74) is 7.36. The second-order valence-electron chi connectivity index (χ2n) is 7.59. The van der Waals surface area contributed by atoms with E-state index in [0.717, 1.165) is 23.8 Å². The topological polar surface area (TPSA) is 33.1 Å². The van der Waals surface area contributed by atoms with E-state index in [1.54, 1.807) is 0 Å². The van der Waals surface area contributed by atoms with Crippen LogP contribution in [0.15, 0.2) is 54.7 Å². The van der Waals surface area contributed by atoms with Crippen LogP contribution in [-0.4, -0.2) is 26.1 Å². The zero-order valence-corrected chi connectivity index (χ0v) is 18.3. The van der Waals surface area contributed by atoms with Gasteiger partial charge in [-0.1, -0.05) is 25.1 Å². The number of nitrogens with one attached hydrogen (secondary N) is 1. The predicted molar refractivity (Wildman–Crippen MR) is 122 cm³/mol. The van der Waals surface area contributed by atoms with Gasteiger partial charge in [0.05, 0.1) is 17.8 Å². The summed E-state index contributed by atoms with van der Waals surface area (Å²) in [6.07, 6.45) is 2.90. The second kappa shape index (κ2) is 7.99. The zero-order valence-electron chi connectivity index (χ0n) is 17.5. The minimum atomic E-state index is 0.0417. The lowest BCUT2D eigenvalue weighted by molar-refractivity contribution is 0.329. The molecule has 1 aromatic carbocycles. The van der Waals surface area contributed by atoms with Gasteiger partial charge in [-0.05, 0) is 80.9 Å². The van der Waals surface area contributed by atoms with E-state index in [9.17, 15) is 0 Å². The summed E-state index contributed by atoms with van der Waals surface area (Å²) in [4.78, 5) is 6.90. The molecule has 0 amide bonds.